The number of aliphatic imine (C=N–C) groups is 1. The molecule has 4 aliphatic carbocycles. The van der Waals surface area contributed by atoms with Crippen LogP contribution in [-0.4, -0.2) is 5.71 Å². The maximum atomic E-state index is 5.63. The number of hydrogen-bond donors (Lipinski definition) is 0. The van der Waals surface area contributed by atoms with Gasteiger partial charge in [0, 0.05) is 22.6 Å². The zero-order chi connectivity index (χ0) is 32.5. The molecule has 8 rings (SSSR count). The van der Waals surface area contributed by atoms with Gasteiger partial charge in [-0.25, -0.2) is 0 Å². The summed E-state index contributed by atoms with van der Waals surface area (Å²) in [4.78, 5) is 5.63. The highest BCUT2D eigenvalue weighted by atomic mass is 14.8. The highest BCUT2D eigenvalue weighted by Crippen LogP contribution is 2.47. The standard InChI is InChI=1S/C47H43N/c1-3-15-44(35-18-8-5-9-19-35)48-45(26-25-33-27-29-47(2)28-13-12-20-37(47)30-33)39-23-14-24-41-43(39)32-36-31-42(34-16-6-4-7-17-34)38-21-10-11-22-40(38)46(36)41/h4-14,16-18,20-24,26-28,30-31,35H,3,15,19,25,29,32H2,1-2H3/b45-26-,48-44+. The number of hydrogen-bond acceptors (Lipinski definition) is 1. The topological polar surface area (TPSA) is 12.4 Å². The molecule has 0 amide bonds. The smallest absolute Gasteiger partial charge is 0.0668 e. The van der Waals surface area contributed by atoms with Gasteiger partial charge in [-0.1, -0.05) is 160 Å². The maximum Gasteiger partial charge on any atom is 0.0668 e. The summed E-state index contributed by atoms with van der Waals surface area (Å²) in [7, 11) is 0. The van der Waals surface area contributed by atoms with Crippen molar-refractivity contribution in [3.05, 3.63) is 174 Å². The van der Waals surface area contributed by atoms with Crippen LogP contribution in [0.2, 0.25) is 0 Å². The summed E-state index contributed by atoms with van der Waals surface area (Å²) in [6.45, 7) is 4.62. The van der Waals surface area contributed by atoms with Gasteiger partial charge in [0.2, 0.25) is 0 Å². The Morgan fingerprint density at radius 1 is 0.896 bits per heavy atom. The van der Waals surface area contributed by atoms with Crippen LogP contribution in [0.15, 0.2) is 162 Å². The van der Waals surface area contributed by atoms with Crippen LogP contribution < -0.4 is 0 Å². The molecule has 0 saturated heterocycles. The summed E-state index contributed by atoms with van der Waals surface area (Å²) in [6, 6.07) is 29.2. The SMILES string of the molecule is CCC/C(=N\C(=C/CC1=CCC2(C)C=CC=CC2=C1)c1cccc2c1Cc1cc(-c3ccccc3)c3ccccc3c1-2)C1C=CC=CC1. The molecular weight excluding hydrogens is 579 g/mol. The maximum absolute atomic E-state index is 5.63. The number of rotatable bonds is 8. The van der Waals surface area contributed by atoms with Gasteiger partial charge in [-0.2, -0.15) is 0 Å². The average Bonchev–Trinajstić information content (AvgIpc) is 3.52. The number of nitrogens with zero attached hydrogens (tertiary/aromatic N) is 1. The Labute approximate surface area is 285 Å². The van der Waals surface area contributed by atoms with E-state index in [-0.39, 0.29) is 5.41 Å². The third kappa shape index (κ3) is 5.62. The van der Waals surface area contributed by atoms with Crippen LogP contribution in [0.4, 0.5) is 0 Å². The first kappa shape index (κ1) is 30.3. The van der Waals surface area contributed by atoms with Gasteiger partial charge in [0.15, 0.2) is 0 Å². The van der Waals surface area contributed by atoms with Gasteiger partial charge in [0.1, 0.15) is 0 Å². The zero-order valence-electron chi connectivity index (χ0n) is 28.1. The quantitative estimate of drug-likeness (QED) is 0.153. The highest BCUT2D eigenvalue weighted by Gasteiger charge is 2.29. The predicted octanol–water partition coefficient (Wildman–Crippen LogP) is 12.6. The van der Waals surface area contributed by atoms with Crippen molar-refractivity contribution in [1.29, 1.82) is 0 Å². The molecule has 0 fully saturated rings. The summed E-state index contributed by atoms with van der Waals surface area (Å²) in [5.41, 5.74) is 14.7. The first-order valence-electron chi connectivity index (χ1n) is 17.7. The minimum atomic E-state index is 0.103. The molecule has 2 atom stereocenters. The van der Waals surface area contributed by atoms with Crippen LogP contribution in [0.25, 0.3) is 38.7 Å². The van der Waals surface area contributed by atoms with Gasteiger partial charge in [0.25, 0.3) is 0 Å². The zero-order valence-corrected chi connectivity index (χ0v) is 28.1. The van der Waals surface area contributed by atoms with Gasteiger partial charge in [-0.05, 0) is 93.5 Å². The molecule has 0 saturated carbocycles. The van der Waals surface area contributed by atoms with E-state index in [1.165, 1.54) is 66.6 Å². The van der Waals surface area contributed by atoms with Crippen LogP contribution in [0, 0.1) is 11.3 Å². The van der Waals surface area contributed by atoms with Crippen molar-refractivity contribution in [2.24, 2.45) is 16.3 Å². The average molecular weight is 622 g/mol. The number of allylic oxidation sites excluding steroid dienone is 13. The molecule has 48 heavy (non-hydrogen) atoms. The van der Waals surface area contributed by atoms with Crippen LogP contribution in [0.3, 0.4) is 0 Å². The van der Waals surface area contributed by atoms with Crippen LogP contribution in [0.5, 0.6) is 0 Å². The Bertz CT molecular complexity index is 2140. The molecule has 0 heterocycles. The molecule has 0 radical (unpaired) electrons. The Morgan fingerprint density at radius 2 is 1.75 bits per heavy atom. The Balaban J connectivity index is 1.25. The monoisotopic (exact) mass is 621 g/mol. The van der Waals surface area contributed by atoms with E-state index in [0.29, 0.717) is 5.92 Å². The molecule has 1 nitrogen and oxygen atoms in total. The highest BCUT2D eigenvalue weighted by molar-refractivity contribution is 6.08. The third-order valence-corrected chi connectivity index (χ3v) is 10.6. The van der Waals surface area contributed by atoms with Crippen molar-refractivity contribution < 1.29 is 0 Å². The minimum Gasteiger partial charge on any atom is -0.257 e. The van der Waals surface area contributed by atoms with E-state index in [2.05, 4.69) is 160 Å². The third-order valence-electron chi connectivity index (χ3n) is 10.6. The fourth-order valence-corrected chi connectivity index (χ4v) is 8.04. The first-order valence-corrected chi connectivity index (χ1v) is 17.7. The van der Waals surface area contributed by atoms with Crippen molar-refractivity contribution in [2.75, 3.05) is 0 Å². The van der Waals surface area contributed by atoms with E-state index < -0.39 is 0 Å². The van der Waals surface area contributed by atoms with E-state index >= 15 is 0 Å². The molecule has 4 aromatic carbocycles. The molecule has 0 bridgehead atoms. The molecular formula is C47H43N. The lowest BCUT2D eigenvalue weighted by molar-refractivity contribution is 0.522. The van der Waals surface area contributed by atoms with Crippen molar-refractivity contribution in [3.63, 3.8) is 0 Å². The Kier molecular flexibility index (Phi) is 8.14. The van der Waals surface area contributed by atoms with Crippen molar-refractivity contribution in [1.82, 2.24) is 0 Å². The lowest BCUT2D eigenvalue weighted by Gasteiger charge is -2.32. The molecule has 0 N–H and O–H groups in total. The lowest BCUT2D eigenvalue weighted by atomic mass is 9.72. The van der Waals surface area contributed by atoms with Crippen LogP contribution >= 0.6 is 0 Å². The van der Waals surface area contributed by atoms with Crippen LogP contribution in [-0.2, 0) is 6.42 Å². The molecule has 0 aromatic heterocycles. The molecule has 1 heteroatoms. The van der Waals surface area contributed by atoms with Crippen molar-refractivity contribution >= 4 is 22.2 Å². The first-order chi connectivity index (χ1) is 23.6. The molecule has 0 aliphatic heterocycles. The van der Waals surface area contributed by atoms with E-state index in [1.54, 1.807) is 0 Å². The Morgan fingerprint density at radius 3 is 2.58 bits per heavy atom. The summed E-state index contributed by atoms with van der Waals surface area (Å²) >= 11 is 0. The second-order valence-corrected chi connectivity index (χ2v) is 13.9. The fraction of sp³-hybridized carbons (Fsp3) is 0.213. The lowest BCUT2D eigenvalue weighted by Crippen LogP contribution is -2.19. The van der Waals surface area contributed by atoms with Gasteiger partial charge < -0.3 is 0 Å². The summed E-state index contributed by atoms with van der Waals surface area (Å²) < 4.78 is 0. The molecule has 0 spiro atoms. The van der Waals surface area contributed by atoms with Crippen molar-refractivity contribution in [3.8, 4) is 22.3 Å². The van der Waals surface area contributed by atoms with E-state index in [9.17, 15) is 0 Å². The molecule has 2 unspecified atom stereocenters. The predicted molar refractivity (Wildman–Crippen MR) is 206 cm³/mol. The summed E-state index contributed by atoms with van der Waals surface area (Å²) in [6.07, 6.45) is 31.2. The fourth-order valence-electron chi connectivity index (χ4n) is 8.04. The molecule has 4 aliphatic rings. The van der Waals surface area contributed by atoms with Gasteiger partial charge in [0.05, 0.1) is 5.70 Å². The van der Waals surface area contributed by atoms with Gasteiger partial charge >= 0.3 is 0 Å². The second-order valence-electron chi connectivity index (χ2n) is 13.9. The largest absolute Gasteiger partial charge is 0.257 e. The van der Waals surface area contributed by atoms with E-state index in [1.807, 2.05) is 0 Å². The second kappa shape index (κ2) is 12.9. The summed E-state index contributed by atoms with van der Waals surface area (Å²) in [5.74, 6) is 0.348. The van der Waals surface area contributed by atoms with Crippen molar-refractivity contribution in [2.45, 2.75) is 52.4 Å². The van der Waals surface area contributed by atoms with Gasteiger partial charge in [-0.3, -0.25) is 4.99 Å². The van der Waals surface area contributed by atoms with E-state index in [4.69, 9.17) is 4.99 Å². The Hall–Kier alpha value is -5.01. The number of benzene rings is 4. The van der Waals surface area contributed by atoms with Gasteiger partial charge in [-0.15, -0.1) is 0 Å². The summed E-state index contributed by atoms with van der Waals surface area (Å²) in [5, 5.41) is 2.65. The molecule has 236 valence electrons. The normalized spacial score (nSPS) is 21.2. The van der Waals surface area contributed by atoms with Crippen LogP contribution in [0.1, 0.15) is 62.6 Å². The molecule has 4 aromatic rings. The van der Waals surface area contributed by atoms with E-state index in [0.717, 1.165) is 44.2 Å². The minimum absolute atomic E-state index is 0.103. The number of fused-ring (bicyclic) bond motifs is 6.